The van der Waals surface area contributed by atoms with Gasteiger partial charge in [0.25, 0.3) is 5.56 Å². The summed E-state index contributed by atoms with van der Waals surface area (Å²) in [5, 5.41) is 4.20. The number of nitrogens with zero attached hydrogens (tertiary/aromatic N) is 3. The predicted octanol–water partition coefficient (Wildman–Crippen LogP) is 4.29. The van der Waals surface area contributed by atoms with Gasteiger partial charge in [-0.2, -0.15) is 5.10 Å². The Labute approximate surface area is 157 Å². The standard InChI is InChI=1S/C20H20ClN3O2/c1-20(2,3)24-19(25)18(21)17(12-23-24)26-13-14-7-9-15(10-8-14)16-6-4-5-11-22-16/h4-12H,13H2,1-3H3. The molecule has 5 nitrogen and oxygen atoms in total. The van der Waals surface area contributed by atoms with E-state index in [1.54, 1.807) is 6.20 Å². The fraction of sp³-hybridized carbons (Fsp3) is 0.250. The highest BCUT2D eigenvalue weighted by atomic mass is 35.5. The van der Waals surface area contributed by atoms with E-state index >= 15 is 0 Å². The summed E-state index contributed by atoms with van der Waals surface area (Å²) in [7, 11) is 0. The van der Waals surface area contributed by atoms with Gasteiger partial charge in [-0.05, 0) is 38.5 Å². The Hall–Kier alpha value is -2.66. The first kappa shape index (κ1) is 18.1. The maximum absolute atomic E-state index is 12.3. The molecule has 0 aliphatic rings. The van der Waals surface area contributed by atoms with Crippen molar-refractivity contribution in [1.29, 1.82) is 0 Å². The van der Waals surface area contributed by atoms with Crippen molar-refractivity contribution in [2.75, 3.05) is 0 Å². The molecule has 26 heavy (non-hydrogen) atoms. The number of benzene rings is 1. The molecule has 0 aliphatic heterocycles. The van der Waals surface area contributed by atoms with E-state index in [1.807, 2.05) is 63.2 Å². The topological polar surface area (TPSA) is 57.0 Å². The van der Waals surface area contributed by atoms with Gasteiger partial charge in [-0.15, -0.1) is 0 Å². The number of pyridine rings is 1. The van der Waals surface area contributed by atoms with Crippen molar-refractivity contribution in [3.05, 3.63) is 75.8 Å². The summed E-state index contributed by atoms with van der Waals surface area (Å²) >= 11 is 6.17. The maximum atomic E-state index is 12.3. The lowest BCUT2D eigenvalue weighted by molar-refractivity contribution is 0.292. The van der Waals surface area contributed by atoms with E-state index in [2.05, 4.69) is 10.1 Å². The van der Waals surface area contributed by atoms with Crippen LogP contribution < -0.4 is 10.3 Å². The van der Waals surface area contributed by atoms with Gasteiger partial charge >= 0.3 is 0 Å². The van der Waals surface area contributed by atoms with Gasteiger partial charge in [0, 0.05) is 11.8 Å². The molecule has 0 fully saturated rings. The van der Waals surface area contributed by atoms with Crippen molar-refractivity contribution in [1.82, 2.24) is 14.8 Å². The smallest absolute Gasteiger partial charge is 0.289 e. The Morgan fingerprint density at radius 2 is 1.85 bits per heavy atom. The predicted molar refractivity (Wildman–Crippen MR) is 103 cm³/mol. The third kappa shape index (κ3) is 3.94. The molecule has 0 amide bonds. The first-order valence-corrected chi connectivity index (χ1v) is 8.65. The van der Waals surface area contributed by atoms with Gasteiger partial charge in [0.05, 0.1) is 17.4 Å². The second-order valence-corrected chi connectivity index (χ2v) is 7.29. The minimum Gasteiger partial charge on any atom is -0.485 e. The van der Waals surface area contributed by atoms with Gasteiger partial charge in [-0.25, -0.2) is 4.68 Å². The van der Waals surface area contributed by atoms with E-state index in [0.717, 1.165) is 16.8 Å². The Morgan fingerprint density at radius 1 is 1.12 bits per heavy atom. The van der Waals surface area contributed by atoms with Crippen LogP contribution in [0.2, 0.25) is 5.02 Å². The van der Waals surface area contributed by atoms with Gasteiger partial charge in [-0.1, -0.05) is 41.9 Å². The molecular formula is C20H20ClN3O2. The Balaban J connectivity index is 1.74. The SMILES string of the molecule is CC(C)(C)n1ncc(OCc2ccc(-c3ccccn3)cc2)c(Cl)c1=O. The van der Waals surface area contributed by atoms with Crippen LogP contribution in [0.25, 0.3) is 11.3 Å². The zero-order valence-corrected chi connectivity index (χ0v) is 15.7. The van der Waals surface area contributed by atoms with Crippen LogP contribution in [0, 0.1) is 0 Å². The second-order valence-electron chi connectivity index (χ2n) is 6.91. The summed E-state index contributed by atoms with van der Waals surface area (Å²) in [6.45, 7) is 5.97. The molecule has 0 spiro atoms. The Morgan fingerprint density at radius 3 is 2.46 bits per heavy atom. The van der Waals surface area contributed by atoms with E-state index in [4.69, 9.17) is 16.3 Å². The van der Waals surface area contributed by atoms with Gasteiger partial charge in [0.15, 0.2) is 10.8 Å². The summed E-state index contributed by atoms with van der Waals surface area (Å²) in [5.41, 5.74) is 2.10. The number of ether oxygens (including phenoxy) is 1. The van der Waals surface area contributed by atoms with Crippen LogP contribution in [0.5, 0.6) is 5.75 Å². The van der Waals surface area contributed by atoms with Gasteiger partial charge < -0.3 is 4.74 Å². The van der Waals surface area contributed by atoms with Crippen molar-refractivity contribution in [3.63, 3.8) is 0 Å². The molecule has 0 unspecified atom stereocenters. The molecule has 6 heteroatoms. The van der Waals surface area contributed by atoms with E-state index < -0.39 is 5.54 Å². The summed E-state index contributed by atoms with van der Waals surface area (Å²) < 4.78 is 7.04. The number of rotatable bonds is 4. The number of hydrogen-bond donors (Lipinski definition) is 0. The molecule has 0 radical (unpaired) electrons. The highest BCUT2D eigenvalue weighted by molar-refractivity contribution is 6.31. The molecule has 3 rings (SSSR count). The molecule has 134 valence electrons. The minimum absolute atomic E-state index is 0.0417. The molecule has 3 aromatic rings. The normalized spacial score (nSPS) is 11.4. The Bertz CT molecular complexity index is 946. The number of hydrogen-bond acceptors (Lipinski definition) is 4. The third-order valence-corrected chi connectivity index (χ3v) is 4.18. The molecule has 2 heterocycles. The number of aromatic nitrogens is 3. The molecule has 0 aliphatic carbocycles. The van der Waals surface area contributed by atoms with Crippen LogP contribution in [-0.4, -0.2) is 14.8 Å². The van der Waals surface area contributed by atoms with Crippen LogP contribution in [0.1, 0.15) is 26.3 Å². The van der Waals surface area contributed by atoms with Crippen molar-refractivity contribution < 1.29 is 4.74 Å². The molecular weight excluding hydrogens is 350 g/mol. The molecule has 0 bridgehead atoms. The highest BCUT2D eigenvalue weighted by Crippen LogP contribution is 2.22. The molecule has 0 N–H and O–H groups in total. The summed E-state index contributed by atoms with van der Waals surface area (Å²) in [5.74, 6) is 0.283. The largest absolute Gasteiger partial charge is 0.485 e. The van der Waals surface area contributed by atoms with E-state index in [0.29, 0.717) is 6.61 Å². The Kier molecular flexibility index (Phi) is 5.09. The minimum atomic E-state index is -0.444. The van der Waals surface area contributed by atoms with Crippen LogP contribution >= 0.6 is 11.6 Å². The third-order valence-electron chi connectivity index (χ3n) is 3.83. The molecule has 2 aromatic heterocycles. The first-order valence-electron chi connectivity index (χ1n) is 8.28. The second kappa shape index (κ2) is 7.30. The molecule has 0 atom stereocenters. The van der Waals surface area contributed by atoms with E-state index in [-0.39, 0.29) is 16.3 Å². The average Bonchev–Trinajstić information content (AvgIpc) is 2.63. The van der Waals surface area contributed by atoms with Gasteiger partial charge in [0.1, 0.15) is 6.61 Å². The summed E-state index contributed by atoms with van der Waals surface area (Å²) in [6.07, 6.45) is 3.25. The van der Waals surface area contributed by atoms with E-state index in [1.165, 1.54) is 10.9 Å². The lowest BCUT2D eigenvalue weighted by Gasteiger charge is -2.21. The lowest BCUT2D eigenvalue weighted by atomic mass is 10.1. The van der Waals surface area contributed by atoms with Crippen LogP contribution in [-0.2, 0) is 12.1 Å². The quantitative estimate of drug-likeness (QED) is 0.688. The monoisotopic (exact) mass is 369 g/mol. The summed E-state index contributed by atoms with van der Waals surface area (Å²) in [4.78, 5) is 16.7. The van der Waals surface area contributed by atoms with Crippen LogP contribution in [0.3, 0.4) is 0 Å². The first-order chi connectivity index (χ1) is 12.4. The van der Waals surface area contributed by atoms with Crippen molar-refractivity contribution >= 4 is 11.6 Å². The van der Waals surface area contributed by atoms with Gasteiger partial charge in [0.2, 0.25) is 0 Å². The zero-order chi connectivity index (χ0) is 18.7. The number of halogens is 1. The van der Waals surface area contributed by atoms with Gasteiger partial charge in [-0.3, -0.25) is 9.78 Å². The van der Waals surface area contributed by atoms with E-state index in [9.17, 15) is 4.79 Å². The van der Waals surface area contributed by atoms with Crippen molar-refractivity contribution in [2.45, 2.75) is 32.9 Å². The molecule has 1 aromatic carbocycles. The fourth-order valence-corrected chi connectivity index (χ4v) is 2.65. The molecule has 0 saturated heterocycles. The average molecular weight is 370 g/mol. The lowest BCUT2D eigenvalue weighted by Crippen LogP contribution is -2.36. The maximum Gasteiger partial charge on any atom is 0.289 e. The fourth-order valence-electron chi connectivity index (χ4n) is 2.46. The molecule has 0 saturated carbocycles. The zero-order valence-electron chi connectivity index (χ0n) is 14.9. The summed E-state index contributed by atoms with van der Waals surface area (Å²) in [6, 6.07) is 13.7. The van der Waals surface area contributed by atoms with Crippen LogP contribution in [0.4, 0.5) is 0 Å². The van der Waals surface area contributed by atoms with Crippen molar-refractivity contribution in [2.24, 2.45) is 0 Å². The highest BCUT2D eigenvalue weighted by Gasteiger charge is 2.19. The van der Waals surface area contributed by atoms with Crippen LogP contribution in [0.15, 0.2) is 59.7 Å². The van der Waals surface area contributed by atoms with Crippen molar-refractivity contribution in [3.8, 4) is 17.0 Å².